The van der Waals surface area contributed by atoms with E-state index in [4.69, 9.17) is 9.47 Å². The third-order valence-corrected chi connectivity index (χ3v) is 9.08. The molecule has 11 heteroatoms. The summed E-state index contributed by atoms with van der Waals surface area (Å²) in [5.74, 6) is -3.25. The maximum atomic E-state index is 14.2. The zero-order chi connectivity index (χ0) is 29.6. The fourth-order valence-corrected chi connectivity index (χ4v) is 7.23. The molecule has 3 fully saturated rings. The highest BCUT2D eigenvalue weighted by molar-refractivity contribution is 9.09. The van der Waals surface area contributed by atoms with Gasteiger partial charge in [-0.1, -0.05) is 48.4 Å². The van der Waals surface area contributed by atoms with Crippen molar-refractivity contribution in [2.24, 2.45) is 11.8 Å². The zero-order valence-electron chi connectivity index (χ0n) is 23.9. The summed E-state index contributed by atoms with van der Waals surface area (Å²) in [6, 6.07) is -1.58. The van der Waals surface area contributed by atoms with Crippen molar-refractivity contribution in [2.75, 3.05) is 26.2 Å². The number of halogens is 1. The minimum absolute atomic E-state index is 0.130. The van der Waals surface area contributed by atoms with Crippen molar-refractivity contribution in [3.63, 3.8) is 0 Å². The number of hydrogen-bond acceptors (Lipinski definition) is 7. The van der Waals surface area contributed by atoms with Crippen molar-refractivity contribution >= 4 is 39.6 Å². The summed E-state index contributed by atoms with van der Waals surface area (Å²) < 4.78 is 12.2. The van der Waals surface area contributed by atoms with E-state index in [1.165, 1.54) is 4.90 Å². The molecular weight excluding hydrogens is 582 g/mol. The van der Waals surface area contributed by atoms with E-state index in [-0.39, 0.29) is 35.7 Å². The molecule has 0 aliphatic carbocycles. The van der Waals surface area contributed by atoms with E-state index in [2.05, 4.69) is 34.4 Å². The van der Waals surface area contributed by atoms with Crippen LogP contribution >= 0.6 is 15.9 Å². The van der Waals surface area contributed by atoms with E-state index in [1.807, 2.05) is 13.8 Å². The van der Waals surface area contributed by atoms with Crippen molar-refractivity contribution in [3.8, 4) is 0 Å². The Morgan fingerprint density at radius 2 is 2.05 bits per heavy atom. The molecule has 1 unspecified atom stereocenters. The van der Waals surface area contributed by atoms with Gasteiger partial charge in [-0.3, -0.25) is 19.2 Å². The number of allylic oxidation sites excluding steroid dienone is 1. The first-order valence-electron chi connectivity index (χ1n) is 14.3. The van der Waals surface area contributed by atoms with E-state index in [0.29, 0.717) is 38.8 Å². The Balaban J connectivity index is 1.91. The maximum Gasteiger partial charge on any atom is 0.312 e. The molecule has 40 heavy (non-hydrogen) atoms. The Kier molecular flexibility index (Phi) is 11.4. The van der Waals surface area contributed by atoms with Gasteiger partial charge in [0.15, 0.2) is 0 Å². The maximum absolute atomic E-state index is 14.2. The number of fused-ring (bicyclic) bond motifs is 1. The van der Waals surface area contributed by atoms with Crippen molar-refractivity contribution in [2.45, 2.75) is 94.0 Å². The number of nitrogens with one attached hydrogen (secondary N) is 1. The van der Waals surface area contributed by atoms with Crippen molar-refractivity contribution in [3.05, 3.63) is 25.3 Å². The average molecular weight is 627 g/mol. The van der Waals surface area contributed by atoms with Gasteiger partial charge in [0.25, 0.3) is 0 Å². The molecule has 10 nitrogen and oxygen atoms in total. The SMILES string of the molecule is C=CCCC(=O)NC[C@H](C)OC(=O)[C@H]1[C@@H]2O[C@@]3(CC2Br)[C@@H]1C(=O)N([C@@H](CC)CO)[C@@H]3C(=O)N(CC=C)CCCC. The summed E-state index contributed by atoms with van der Waals surface area (Å²) in [4.78, 5) is 56.8. The largest absolute Gasteiger partial charge is 0.460 e. The van der Waals surface area contributed by atoms with Gasteiger partial charge in [0.05, 0.1) is 37.1 Å². The van der Waals surface area contributed by atoms with Gasteiger partial charge in [-0.15, -0.1) is 13.2 Å². The highest BCUT2D eigenvalue weighted by Crippen LogP contribution is 2.60. The number of ether oxygens (including phenoxy) is 2. The highest BCUT2D eigenvalue weighted by Gasteiger charge is 2.77. The number of alkyl halides is 1. The van der Waals surface area contributed by atoms with E-state index in [9.17, 15) is 24.3 Å². The Hall–Kier alpha value is -2.24. The molecule has 3 amide bonds. The van der Waals surface area contributed by atoms with Gasteiger partial charge in [0.2, 0.25) is 17.7 Å². The number of carbonyl (C=O) groups excluding carboxylic acids is 4. The molecule has 3 aliphatic heterocycles. The second-order valence-corrected chi connectivity index (χ2v) is 12.1. The molecule has 0 aromatic carbocycles. The number of unbranched alkanes of at least 4 members (excludes halogenated alkanes) is 1. The molecule has 0 aromatic heterocycles. The van der Waals surface area contributed by atoms with Crippen LogP contribution in [0.1, 0.15) is 59.3 Å². The second-order valence-electron chi connectivity index (χ2n) is 11.0. The van der Waals surface area contributed by atoms with E-state index in [1.54, 1.807) is 24.0 Å². The minimum Gasteiger partial charge on any atom is -0.460 e. The first-order chi connectivity index (χ1) is 19.1. The lowest BCUT2D eigenvalue weighted by Crippen LogP contribution is -2.59. The number of aliphatic hydroxyl groups excluding tert-OH is 1. The van der Waals surface area contributed by atoms with Gasteiger partial charge >= 0.3 is 5.97 Å². The Morgan fingerprint density at radius 1 is 1.32 bits per heavy atom. The first-order valence-corrected chi connectivity index (χ1v) is 15.3. The van der Waals surface area contributed by atoms with Gasteiger partial charge < -0.3 is 29.7 Å². The lowest BCUT2D eigenvalue weighted by molar-refractivity contribution is -0.160. The van der Waals surface area contributed by atoms with Gasteiger partial charge in [-0.05, 0) is 32.6 Å². The quantitative estimate of drug-likeness (QED) is 0.153. The van der Waals surface area contributed by atoms with Crippen LogP contribution in [0.5, 0.6) is 0 Å². The molecule has 224 valence electrons. The molecule has 0 radical (unpaired) electrons. The fraction of sp³-hybridized carbons (Fsp3) is 0.724. The molecule has 3 heterocycles. The fourth-order valence-electron chi connectivity index (χ4n) is 6.29. The lowest BCUT2D eigenvalue weighted by atomic mass is 9.70. The summed E-state index contributed by atoms with van der Waals surface area (Å²) in [5, 5.41) is 12.9. The zero-order valence-corrected chi connectivity index (χ0v) is 25.4. The molecule has 0 saturated carbocycles. The number of nitrogens with zero attached hydrogens (tertiary/aromatic N) is 2. The van der Waals surface area contributed by atoms with Crippen LogP contribution in [0.2, 0.25) is 0 Å². The lowest BCUT2D eigenvalue weighted by Gasteiger charge is -2.39. The normalized spacial score (nSPS) is 30.0. The predicted octanol–water partition coefficient (Wildman–Crippen LogP) is 2.33. The van der Waals surface area contributed by atoms with Crippen molar-refractivity contribution in [1.82, 2.24) is 15.1 Å². The molecule has 2 bridgehead atoms. The van der Waals surface area contributed by atoms with Crippen LogP contribution in [0.15, 0.2) is 25.3 Å². The number of hydrogen-bond donors (Lipinski definition) is 2. The Bertz CT molecular complexity index is 973. The summed E-state index contributed by atoms with van der Waals surface area (Å²) in [6.45, 7) is 13.6. The molecule has 2 N–H and O–H groups in total. The van der Waals surface area contributed by atoms with Crippen LogP contribution in [0.4, 0.5) is 0 Å². The Labute approximate surface area is 245 Å². The molecule has 8 atom stereocenters. The van der Waals surface area contributed by atoms with Crippen LogP contribution in [0, 0.1) is 11.8 Å². The topological polar surface area (TPSA) is 125 Å². The number of aliphatic hydroxyl groups is 1. The number of carbonyl (C=O) groups is 4. The predicted molar refractivity (Wildman–Crippen MR) is 153 cm³/mol. The minimum atomic E-state index is -1.23. The van der Waals surface area contributed by atoms with Gasteiger partial charge in [0, 0.05) is 24.3 Å². The van der Waals surface area contributed by atoms with E-state index >= 15 is 0 Å². The van der Waals surface area contributed by atoms with Gasteiger partial charge in [-0.25, -0.2) is 0 Å². The van der Waals surface area contributed by atoms with Crippen LogP contribution in [-0.4, -0.2) is 99.6 Å². The molecular formula is C29H44BrN3O7. The average Bonchev–Trinajstić information content (AvgIpc) is 3.52. The Morgan fingerprint density at radius 3 is 2.65 bits per heavy atom. The molecule has 1 spiro atoms. The third kappa shape index (κ3) is 6.16. The van der Waals surface area contributed by atoms with Crippen LogP contribution in [0.25, 0.3) is 0 Å². The summed E-state index contributed by atoms with van der Waals surface area (Å²) in [7, 11) is 0. The van der Waals surface area contributed by atoms with Crippen LogP contribution < -0.4 is 5.32 Å². The standard InChI is InChI=1S/C29H44BrN3O7/c1-6-10-12-21(35)31-16-18(5)39-28(38)22-23-26(36)33(19(9-4)17-34)25(29(23)15-20(30)24(22)40-29)27(37)32(13-8-3)14-11-7-2/h6,8,18-20,22-25,34H,1,3,7,9-17H2,2,4-5H3,(H,31,35)/t18-,19-,20?,22+,23-,24+,25+,29-/m0/s1. The van der Waals surface area contributed by atoms with E-state index in [0.717, 1.165) is 12.8 Å². The number of rotatable bonds is 16. The van der Waals surface area contributed by atoms with Gasteiger partial charge in [0.1, 0.15) is 17.7 Å². The smallest absolute Gasteiger partial charge is 0.312 e. The van der Waals surface area contributed by atoms with Crippen molar-refractivity contribution < 1.29 is 33.8 Å². The van der Waals surface area contributed by atoms with E-state index < -0.39 is 47.7 Å². The highest BCUT2D eigenvalue weighted by atomic mass is 79.9. The summed E-state index contributed by atoms with van der Waals surface area (Å²) in [6.07, 6.45) is 5.36. The van der Waals surface area contributed by atoms with Crippen molar-refractivity contribution in [1.29, 1.82) is 0 Å². The summed E-state index contributed by atoms with van der Waals surface area (Å²) >= 11 is 3.65. The second kappa shape index (κ2) is 14.1. The molecule has 3 aliphatic rings. The van der Waals surface area contributed by atoms with Crippen LogP contribution in [0.3, 0.4) is 0 Å². The molecule has 3 saturated heterocycles. The van der Waals surface area contributed by atoms with Crippen LogP contribution in [-0.2, 0) is 28.7 Å². The summed E-state index contributed by atoms with van der Waals surface area (Å²) in [5.41, 5.74) is -1.23. The number of amides is 3. The first kappa shape index (κ1) is 32.3. The number of esters is 1. The molecule has 3 rings (SSSR count). The third-order valence-electron chi connectivity index (χ3n) is 8.23. The number of likely N-dealkylation sites (tertiary alicyclic amines) is 1. The van der Waals surface area contributed by atoms with Gasteiger partial charge in [-0.2, -0.15) is 0 Å². The monoisotopic (exact) mass is 625 g/mol. The molecule has 0 aromatic rings.